The van der Waals surface area contributed by atoms with Crippen molar-refractivity contribution in [2.45, 2.75) is 25.4 Å². The highest BCUT2D eigenvalue weighted by Gasteiger charge is 2.31. The monoisotopic (exact) mass is 422 g/mol. The number of carbonyl (C=O) groups is 1. The molecule has 0 aliphatic carbocycles. The Hall–Kier alpha value is -0.590. The molecule has 2 atom stereocenters. The Labute approximate surface area is 153 Å². The largest absolute Gasteiger partial charge is 0.347 e. The SMILES string of the molecule is CC(NC(=O)C(C)(N)c1ccc(Br)cc1)c1ccc(Cl)s1.Cl. The molecule has 1 aromatic carbocycles. The van der Waals surface area contributed by atoms with Gasteiger partial charge in [-0.3, -0.25) is 4.79 Å². The van der Waals surface area contributed by atoms with Crippen LogP contribution in [0.15, 0.2) is 40.9 Å². The molecule has 0 saturated carbocycles. The molecule has 0 spiro atoms. The van der Waals surface area contributed by atoms with Crippen LogP contribution >= 0.6 is 51.3 Å². The van der Waals surface area contributed by atoms with E-state index in [4.69, 9.17) is 17.3 Å². The van der Waals surface area contributed by atoms with Crippen molar-refractivity contribution in [3.8, 4) is 0 Å². The summed E-state index contributed by atoms with van der Waals surface area (Å²) in [7, 11) is 0. The molecule has 3 N–H and O–H groups in total. The van der Waals surface area contributed by atoms with Crippen LogP contribution in [0.5, 0.6) is 0 Å². The molecule has 1 amide bonds. The summed E-state index contributed by atoms with van der Waals surface area (Å²) in [6.45, 7) is 3.62. The number of hydrogen-bond donors (Lipinski definition) is 2. The fourth-order valence-electron chi connectivity index (χ4n) is 1.91. The number of hydrogen-bond acceptors (Lipinski definition) is 3. The molecule has 0 aliphatic heterocycles. The summed E-state index contributed by atoms with van der Waals surface area (Å²) in [5, 5.41) is 2.94. The molecule has 2 aromatic rings. The Morgan fingerprint density at radius 2 is 1.91 bits per heavy atom. The molecule has 0 saturated heterocycles. The minimum absolute atomic E-state index is 0. The average molecular weight is 424 g/mol. The van der Waals surface area contributed by atoms with Gasteiger partial charge in [0.05, 0.1) is 10.4 Å². The van der Waals surface area contributed by atoms with E-state index in [1.54, 1.807) is 6.92 Å². The summed E-state index contributed by atoms with van der Waals surface area (Å²) in [4.78, 5) is 13.5. The second-order valence-corrected chi connectivity index (χ2v) is 7.71. The van der Waals surface area contributed by atoms with Crippen LogP contribution in [-0.4, -0.2) is 5.91 Å². The van der Waals surface area contributed by atoms with E-state index in [-0.39, 0.29) is 24.4 Å². The van der Waals surface area contributed by atoms with Crippen LogP contribution in [0.2, 0.25) is 4.34 Å². The molecule has 1 aromatic heterocycles. The van der Waals surface area contributed by atoms with Crippen molar-refractivity contribution in [2.75, 3.05) is 0 Å². The van der Waals surface area contributed by atoms with E-state index in [1.165, 1.54) is 11.3 Å². The minimum Gasteiger partial charge on any atom is -0.347 e. The van der Waals surface area contributed by atoms with E-state index in [0.717, 1.165) is 14.9 Å². The Morgan fingerprint density at radius 1 is 1.32 bits per heavy atom. The van der Waals surface area contributed by atoms with Crippen molar-refractivity contribution in [1.82, 2.24) is 5.32 Å². The van der Waals surface area contributed by atoms with Crippen molar-refractivity contribution in [3.63, 3.8) is 0 Å². The third-order valence-electron chi connectivity index (χ3n) is 3.28. The molecule has 0 aliphatic rings. The van der Waals surface area contributed by atoms with Crippen LogP contribution in [0.1, 0.15) is 30.3 Å². The number of amides is 1. The van der Waals surface area contributed by atoms with Gasteiger partial charge in [0, 0.05) is 9.35 Å². The first kappa shape index (κ1) is 19.5. The molecule has 0 radical (unpaired) electrons. The van der Waals surface area contributed by atoms with Crippen molar-refractivity contribution >= 4 is 57.2 Å². The van der Waals surface area contributed by atoms with Crippen molar-refractivity contribution in [2.24, 2.45) is 5.73 Å². The second kappa shape index (κ2) is 7.79. The lowest BCUT2D eigenvalue weighted by molar-refractivity contribution is -0.126. The molecule has 2 unspecified atom stereocenters. The molecule has 0 fully saturated rings. The molecule has 3 nitrogen and oxygen atoms in total. The molecule has 7 heteroatoms. The zero-order valence-corrected chi connectivity index (χ0v) is 16.1. The highest BCUT2D eigenvalue weighted by Crippen LogP contribution is 2.28. The first-order valence-electron chi connectivity index (χ1n) is 6.42. The number of benzene rings is 1. The third-order valence-corrected chi connectivity index (χ3v) is 5.23. The van der Waals surface area contributed by atoms with Crippen LogP contribution in [0.3, 0.4) is 0 Å². The number of thiophene rings is 1. The van der Waals surface area contributed by atoms with Gasteiger partial charge in [-0.15, -0.1) is 23.7 Å². The maximum Gasteiger partial charge on any atom is 0.244 e. The van der Waals surface area contributed by atoms with Crippen LogP contribution < -0.4 is 11.1 Å². The number of halogens is 3. The van der Waals surface area contributed by atoms with Gasteiger partial charge in [0.2, 0.25) is 5.91 Å². The number of nitrogens with two attached hydrogens (primary N) is 1. The topological polar surface area (TPSA) is 55.1 Å². The number of carbonyl (C=O) groups excluding carboxylic acids is 1. The predicted octanol–water partition coefficient (Wildman–Crippen LogP) is 4.64. The Kier molecular flexibility index (Phi) is 6.89. The van der Waals surface area contributed by atoms with E-state index in [2.05, 4.69) is 21.2 Å². The highest BCUT2D eigenvalue weighted by atomic mass is 79.9. The average Bonchev–Trinajstić information content (AvgIpc) is 2.86. The van der Waals surface area contributed by atoms with Crippen LogP contribution in [0, 0.1) is 0 Å². The summed E-state index contributed by atoms with van der Waals surface area (Å²) in [5.74, 6) is -0.221. The first-order chi connectivity index (χ1) is 9.80. The third kappa shape index (κ3) is 4.46. The number of nitrogens with one attached hydrogen (secondary N) is 1. The van der Waals surface area contributed by atoms with Gasteiger partial charge in [0.25, 0.3) is 0 Å². The van der Waals surface area contributed by atoms with Gasteiger partial charge in [0.15, 0.2) is 0 Å². The standard InChI is InChI=1S/C15H16BrClN2OS.ClH/c1-9(12-7-8-13(17)21-12)19-14(20)15(2,18)10-3-5-11(16)6-4-10;/h3-9H,18H2,1-2H3,(H,19,20);1H. The lowest BCUT2D eigenvalue weighted by Crippen LogP contribution is -2.49. The molecule has 2 rings (SSSR count). The normalized spacial score (nSPS) is 14.6. The lowest BCUT2D eigenvalue weighted by atomic mass is 9.92. The van der Waals surface area contributed by atoms with E-state index in [1.807, 2.05) is 43.3 Å². The lowest BCUT2D eigenvalue weighted by Gasteiger charge is -2.26. The van der Waals surface area contributed by atoms with Crippen LogP contribution in [0.25, 0.3) is 0 Å². The van der Waals surface area contributed by atoms with E-state index in [9.17, 15) is 4.79 Å². The van der Waals surface area contributed by atoms with Gasteiger partial charge in [0.1, 0.15) is 5.54 Å². The fraction of sp³-hybridized carbons (Fsp3) is 0.267. The smallest absolute Gasteiger partial charge is 0.244 e. The summed E-state index contributed by atoms with van der Waals surface area (Å²) >= 11 is 10.7. The van der Waals surface area contributed by atoms with Crippen LogP contribution in [0.4, 0.5) is 0 Å². The maximum atomic E-state index is 12.5. The minimum atomic E-state index is -1.09. The molecular formula is C15H17BrCl2N2OS. The van der Waals surface area contributed by atoms with E-state index >= 15 is 0 Å². The van der Waals surface area contributed by atoms with Gasteiger partial charge >= 0.3 is 0 Å². The zero-order chi connectivity index (χ0) is 15.6. The highest BCUT2D eigenvalue weighted by molar-refractivity contribution is 9.10. The number of rotatable bonds is 4. The summed E-state index contributed by atoms with van der Waals surface area (Å²) in [5.41, 5.74) is 5.89. The van der Waals surface area contributed by atoms with Gasteiger partial charge in [-0.25, -0.2) is 0 Å². The van der Waals surface area contributed by atoms with Gasteiger partial charge in [-0.05, 0) is 43.7 Å². The van der Waals surface area contributed by atoms with Crippen molar-refractivity contribution in [1.29, 1.82) is 0 Å². The maximum absolute atomic E-state index is 12.5. The molecule has 1 heterocycles. The fourth-order valence-corrected chi connectivity index (χ4v) is 3.23. The van der Waals surface area contributed by atoms with Gasteiger partial charge in [-0.2, -0.15) is 0 Å². The summed E-state index contributed by atoms with van der Waals surface area (Å²) in [6.07, 6.45) is 0. The quantitative estimate of drug-likeness (QED) is 0.752. The van der Waals surface area contributed by atoms with Gasteiger partial charge < -0.3 is 11.1 Å². The second-order valence-electron chi connectivity index (χ2n) is 5.05. The Bertz CT molecular complexity index is 643. The molecule has 0 bridgehead atoms. The van der Waals surface area contributed by atoms with E-state index < -0.39 is 5.54 Å². The molecule has 120 valence electrons. The summed E-state index contributed by atoms with van der Waals surface area (Å²) < 4.78 is 1.65. The molecular weight excluding hydrogens is 407 g/mol. The van der Waals surface area contributed by atoms with E-state index in [0.29, 0.717) is 4.34 Å². The zero-order valence-electron chi connectivity index (χ0n) is 12.1. The Morgan fingerprint density at radius 3 is 2.41 bits per heavy atom. The summed E-state index contributed by atoms with van der Waals surface area (Å²) in [6, 6.07) is 11.0. The van der Waals surface area contributed by atoms with Crippen LogP contribution in [-0.2, 0) is 10.3 Å². The molecule has 22 heavy (non-hydrogen) atoms. The first-order valence-corrected chi connectivity index (χ1v) is 8.40. The predicted molar refractivity (Wildman–Crippen MR) is 98.8 cm³/mol. The van der Waals surface area contributed by atoms with Crippen molar-refractivity contribution < 1.29 is 4.79 Å². The van der Waals surface area contributed by atoms with Gasteiger partial charge in [-0.1, -0.05) is 39.7 Å². The van der Waals surface area contributed by atoms with Crippen molar-refractivity contribution in [3.05, 3.63) is 55.6 Å². The Balaban J connectivity index is 0.00000242.